The number of aromatic nitrogens is 2. The fraction of sp³-hybridized carbons (Fsp3) is 0.462. The fourth-order valence-corrected chi connectivity index (χ4v) is 2.76. The van der Waals surface area contributed by atoms with Crippen LogP contribution < -0.4 is 0 Å². The third-order valence-corrected chi connectivity index (χ3v) is 3.89. The second kappa shape index (κ2) is 6.08. The summed E-state index contributed by atoms with van der Waals surface area (Å²) in [5, 5.41) is 9.88. The molecule has 0 amide bonds. The third-order valence-electron chi connectivity index (χ3n) is 2.72. The quantitative estimate of drug-likeness (QED) is 0.823. The highest BCUT2D eigenvalue weighted by Gasteiger charge is 2.16. The van der Waals surface area contributed by atoms with Gasteiger partial charge in [0, 0.05) is 23.3 Å². The van der Waals surface area contributed by atoms with Crippen LogP contribution in [0.2, 0.25) is 0 Å². The highest BCUT2D eigenvalue weighted by molar-refractivity contribution is 7.18. The molecule has 0 saturated heterocycles. The van der Waals surface area contributed by atoms with Crippen LogP contribution in [0.5, 0.6) is 0 Å². The molecule has 5 nitrogen and oxygen atoms in total. The normalized spacial score (nSPS) is 11.1. The number of carbonyl (C=O) groups is 1. The van der Waals surface area contributed by atoms with Gasteiger partial charge in [-0.2, -0.15) is 0 Å². The molecule has 1 N–H and O–H groups in total. The van der Waals surface area contributed by atoms with E-state index in [0.29, 0.717) is 30.8 Å². The van der Waals surface area contributed by atoms with Crippen molar-refractivity contribution in [1.29, 1.82) is 0 Å². The number of ether oxygens (including phenoxy) is 1. The molecule has 19 heavy (non-hydrogen) atoms. The maximum atomic E-state index is 11.3. The number of aryl methyl sites for hydroxylation is 1. The van der Waals surface area contributed by atoms with Crippen LogP contribution in [0.4, 0.5) is 0 Å². The highest BCUT2D eigenvalue weighted by atomic mass is 32.1. The zero-order valence-electron chi connectivity index (χ0n) is 11.0. The molecule has 6 heteroatoms. The van der Waals surface area contributed by atoms with Crippen LogP contribution in [0.1, 0.15) is 35.0 Å². The molecule has 0 fully saturated rings. The minimum Gasteiger partial charge on any atom is -0.476 e. The summed E-state index contributed by atoms with van der Waals surface area (Å²) >= 11 is 1.53. The van der Waals surface area contributed by atoms with E-state index in [1.165, 1.54) is 11.3 Å². The van der Waals surface area contributed by atoms with Crippen molar-refractivity contribution in [2.45, 2.75) is 26.7 Å². The van der Waals surface area contributed by atoms with Gasteiger partial charge in [-0.25, -0.2) is 14.8 Å². The first-order valence-electron chi connectivity index (χ1n) is 6.26. The predicted octanol–water partition coefficient (Wildman–Crippen LogP) is 2.53. The van der Waals surface area contributed by atoms with Gasteiger partial charge in [0.15, 0.2) is 5.69 Å². The summed E-state index contributed by atoms with van der Waals surface area (Å²) in [7, 11) is 0. The number of aromatic carboxylic acids is 1. The predicted molar refractivity (Wildman–Crippen MR) is 73.9 cm³/mol. The van der Waals surface area contributed by atoms with Gasteiger partial charge in [-0.05, 0) is 19.4 Å². The third kappa shape index (κ3) is 3.08. The van der Waals surface area contributed by atoms with Crippen molar-refractivity contribution in [1.82, 2.24) is 9.97 Å². The number of hydrogen-bond donors (Lipinski definition) is 1. The molecule has 0 aliphatic heterocycles. The van der Waals surface area contributed by atoms with Gasteiger partial charge in [0.2, 0.25) is 0 Å². The van der Waals surface area contributed by atoms with E-state index in [-0.39, 0.29) is 5.69 Å². The average molecular weight is 280 g/mol. The van der Waals surface area contributed by atoms with Crippen molar-refractivity contribution >= 4 is 27.5 Å². The average Bonchev–Trinajstić information content (AvgIpc) is 2.80. The minimum absolute atomic E-state index is 0.0902. The summed E-state index contributed by atoms with van der Waals surface area (Å²) in [4.78, 5) is 21.7. The number of hydrogen-bond acceptors (Lipinski definition) is 5. The van der Waals surface area contributed by atoms with E-state index < -0.39 is 5.97 Å². The molecular formula is C13H16N2O3S. The zero-order chi connectivity index (χ0) is 13.8. The van der Waals surface area contributed by atoms with Crippen LogP contribution in [0.3, 0.4) is 0 Å². The van der Waals surface area contributed by atoms with Crippen LogP contribution in [-0.2, 0) is 17.6 Å². The highest BCUT2D eigenvalue weighted by Crippen LogP contribution is 2.26. The van der Waals surface area contributed by atoms with Crippen LogP contribution in [0.25, 0.3) is 10.2 Å². The van der Waals surface area contributed by atoms with Crippen LogP contribution >= 0.6 is 11.3 Å². The lowest BCUT2D eigenvalue weighted by atomic mass is 10.2. The van der Waals surface area contributed by atoms with E-state index in [1.807, 2.05) is 19.9 Å². The largest absolute Gasteiger partial charge is 0.476 e. The molecule has 0 aliphatic carbocycles. The summed E-state index contributed by atoms with van der Waals surface area (Å²) in [6, 6.07) is 1.87. The number of carboxylic acids is 1. The second-order valence-corrected chi connectivity index (χ2v) is 5.14. The summed E-state index contributed by atoms with van der Waals surface area (Å²) < 4.78 is 5.25. The molecule has 0 aliphatic rings. The van der Waals surface area contributed by atoms with Crippen LogP contribution in [0.15, 0.2) is 6.07 Å². The van der Waals surface area contributed by atoms with E-state index >= 15 is 0 Å². The molecule has 0 unspecified atom stereocenters. The van der Waals surface area contributed by atoms with Gasteiger partial charge in [0.25, 0.3) is 0 Å². The van der Waals surface area contributed by atoms with Crippen molar-refractivity contribution in [3.63, 3.8) is 0 Å². The first-order valence-corrected chi connectivity index (χ1v) is 7.07. The molecule has 102 valence electrons. The molecule has 0 saturated carbocycles. The van der Waals surface area contributed by atoms with Crippen molar-refractivity contribution < 1.29 is 14.6 Å². The van der Waals surface area contributed by atoms with Gasteiger partial charge in [0.1, 0.15) is 10.7 Å². The number of nitrogens with zero attached hydrogens (tertiary/aromatic N) is 2. The molecule has 2 aromatic heterocycles. The van der Waals surface area contributed by atoms with E-state index in [0.717, 1.165) is 16.1 Å². The zero-order valence-corrected chi connectivity index (χ0v) is 11.8. The lowest BCUT2D eigenvalue weighted by Gasteiger charge is -2.03. The van der Waals surface area contributed by atoms with E-state index in [2.05, 4.69) is 9.97 Å². The smallest absolute Gasteiger partial charge is 0.355 e. The molecule has 0 bridgehead atoms. The van der Waals surface area contributed by atoms with Gasteiger partial charge in [-0.1, -0.05) is 6.92 Å². The van der Waals surface area contributed by atoms with Crippen molar-refractivity contribution in [2.75, 3.05) is 13.2 Å². The Morgan fingerprint density at radius 3 is 2.84 bits per heavy atom. The Morgan fingerprint density at radius 2 is 2.21 bits per heavy atom. The molecule has 2 rings (SSSR count). The van der Waals surface area contributed by atoms with Crippen LogP contribution in [-0.4, -0.2) is 34.3 Å². The first-order chi connectivity index (χ1) is 9.15. The Morgan fingerprint density at radius 1 is 1.42 bits per heavy atom. The van der Waals surface area contributed by atoms with Gasteiger partial charge in [-0.3, -0.25) is 0 Å². The van der Waals surface area contributed by atoms with Crippen molar-refractivity contribution in [2.24, 2.45) is 0 Å². The molecule has 2 heterocycles. The number of fused-ring (bicyclic) bond motifs is 1. The monoisotopic (exact) mass is 280 g/mol. The van der Waals surface area contributed by atoms with Gasteiger partial charge < -0.3 is 9.84 Å². The Labute approximate surface area is 115 Å². The number of rotatable bonds is 6. The summed E-state index contributed by atoms with van der Waals surface area (Å²) in [6.07, 6.45) is 1.40. The lowest BCUT2D eigenvalue weighted by Crippen LogP contribution is -2.08. The minimum atomic E-state index is -1.01. The Hall–Kier alpha value is -1.53. The van der Waals surface area contributed by atoms with Gasteiger partial charge in [-0.15, -0.1) is 11.3 Å². The lowest BCUT2D eigenvalue weighted by molar-refractivity contribution is 0.0692. The molecule has 0 radical (unpaired) electrons. The Kier molecular flexibility index (Phi) is 4.44. The van der Waals surface area contributed by atoms with E-state index in [4.69, 9.17) is 4.74 Å². The van der Waals surface area contributed by atoms with Crippen molar-refractivity contribution in [3.8, 4) is 0 Å². The van der Waals surface area contributed by atoms with Crippen molar-refractivity contribution in [3.05, 3.63) is 22.5 Å². The SMILES string of the molecule is CCOCCc1nc(C(=O)O)c2cc(CC)sc2n1. The van der Waals surface area contributed by atoms with Gasteiger partial charge in [0.05, 0.1) is 6.61 Å². The maximum absolute atomic E-state index is 11.3. The Balaban J connectivity index is 2.41. The fourth-order valence-electron chi connectivity index (χ4n) is 1.77. The number of thiophene rings is 1. The summed E-state index contributed by atoms with van der Waals surface area (Å²) in [5.74, 6) is -0.478. The Bertz CT molecular complexity index is 595. The summed E-state index contributed by atoms with van der Waals surface area (Å²) in [5.41, 5.74) is 0.0902. The van der Waals surface area contributed by atoms with Gasteiger partial charge >= 0.3 is 5.97 Å². The van der Waals surface area contributed by atoms with E-state index in [9.17, 15) is 9.90 Å². The molecule has 0 atom stereocenters. The molecule has 2 aromatic rings. The topological polar surface area (TPSA) is 72.3 Å². The molecular weight excluding hydrogens is 264 g/mol. The first kappa shape index (κ1) is 13.9. The molecule has 0 aromatic carbocycles. The summed E-state index contributed by atoms with van der Waals surface area (Å²) in [6.45, 7) is 5.09. The second-order valence-electron chi connectivity index (χ2n) is 4.03. The standard InChI is InChI=1S/C13H16N2O3S/c1-3-8-7-9-11(13(16)17)14-10(5-6-18-4-2)15-12(9)19-8/h7H,3-6H2,1-2H3,(H,16,17). The van der Waals surface area contributed by atoms with E-state index in [1.54, 1.807) is 0 Å². The number of carboxylic acid groups (broad SMARTS) is 1. The van der Waals surface area contributed by atoms with Crippen LogP contribution in [0, 0.1) is 0 Å². The molecule has 0 spiro atoms. The maximum Gasteiger partial charge on any atom is 0.355 e.